The van der Waals surface area contributed by atoms with E-state index in [1.165, 1.54) is 0 Å². The van der Waals surface area contributed by atoms with E-state index >= 15 is 0 Å². The van der Waals surface area contributed by atoms with Crippen molar-refractivity contribution in [3.8, 4) is 0 Å². The van der Waals surface area contributed by atoms with E-state index < -0.39 is 28.4 Å². The van der Waals surface area contributed by atoms with Crippen molar-refractivity contribution in [1.29, 1.82) is 0 Å². The normalized spacial score (nSPS) is 14.8. The van der Waals surface area contributed by atoms with E-state index in [0.29, 0.717) is 12.8 Å². The molecule has 0 aromatic rings. The van der Waals surface area contributed by atoms with E-state index in [-0.39, 0.29) is 11.5 Å². The minimum absolute atomic E-state index is 0.219. The number of halogens is 2. The van der Waals surface area contributed by atoms with E-state index in [1.807, 2.05) is 0 Å². The Morgan fingerprint density at radius 3 is 1.25 bits per heavy atom. The second kappa shape index (κ2) is 6.23. The van der Waals surface area contributed by atoms with Crippen LogP contribution in [0, 0.1) is 0 Å². The van der Waals surface area contributed by atoms with E-state index in [1.54, 1.807) is 13.8 Å². The highest BCUT2D eigenvalue weighted by atomic mass is 35.5. The van der Waals surface area contributed by atoms with Crippen molar-refractivity contribution < 1.29 is 16.8 Å². The summed E-state index contributed by atoms with van der Waals surface area (Å²) in [4.78, 5) is 0. The van der Waals surface area contributed by atoms with Gasteiger partial charge in [-0.05, 0) is 12.8 Å². The standard InChI is InChI=1S/C8H14Cl2O4S2/c1-3-5-15(11,12)7(9)8(10)16(13,14)6-4-2/h3-6H2,1-2H3. The van der Waals surface area contributed by atoms with Crippen molar-refractivity contribution in [3.63, 3.8) is 0 Å². The second-order valence-corrected chi connectivity index (χ2v) is 8.48. The van der Waals surface area contributed by atoms with Crippen molar-refractivity contribution in [2.45, 2.75) is 26.7 Å². The number of hydrogen-bond donors (Lipinski definition) is 0. The fraction of sp³-hybridized carbons (Fsp3) is 0.750. The fourth-order valence-corrected chi connectivity index (χ4v) is 4.81. The Hall–Kier alpha value is 0.220. The van der Waals surface area contributed by atoms with Crippen molar-refractivity contribution in [2.24, 2.45) is 0 Å². The quantitative estimate of drug-likeness (QED) is 0.754. The van der Waals surface area contributed by atoms with Gasteiger partial charge in [-0.2, -0.15) is 0 Å². The molecule has 0 atom stereocenters. The first-order valence-corrected chi connectivity index (χ1v) is 8.75. The van der Waals surface area contributed by atoms with Crippen LogP contribution in [-0.4, -0.2) is 28.3 Å². The Kier molecular flexibility index (Phi) is 6.32. The largest absolute Gasteiger partial charge is 0.223 e. The maximum Gasteiger partial charge on any atom is 0.191 e. The summed E-state index contributed by atoms with van der Waals surface area (Å²) >= 11 is 11.0. The topological polar surface area (TPSA) is 68.3 Å². The molecule has 0 rings (SSSR count). The molecular formula is C8H14Cl2O4S2. The van der Waals surface area contributed by atoms with Gasteiger partial charge in [-0.25, -0.2) is 16.8 Å². The molecule has 0 aliphatic carbocycles. The average molecular weight is 309 g/mol. The molecule has 0 saturated heterocycles. The molecule has 96 valence electrons. The van der Waals surface area contributed by atoms with E-state index in [2.05, 4.69) is 0 Å². The van der Waals surface area contributed by atoms with Crippen LogP contribution >= 0.6 is 23.2 Å². The molecule has 0 bridgehead atoms. The highest BCUT2D eigenvalue weighted by Crippen LogP contribution is 2.26. The van der Waals surface area contributed by atoms with Gasteiger partial charge in [-0.3, -0.25) is 0 Å². The lowest BCUT2D eigenvalue weighted by molar-refractivity contribution is 0.598. The maximum atomic E-state index is 11.5. The molecule has 0 heterocycles. The monoisotopic (exact) mass is 308 g/mol. The third-order valence-electron chi connectivity index (χ3n) is 1.65. The van der Waals surface area contributed by atoms with Crippen LogP contribution in [0.5, 0.6) is 0 Å². The maximum absolute atomic E-state index is 11.5. The van der Waals surface area contributed by atoms with Gasteiger partial charge in [0.2, 0.25) is 0 Å². The summed E-state index contributed by atoms with van der Waals surface area (Å²) in [5.74, 6) is -0.437. The summed E-state index contributed by atoms with van der Waals surface area (Å²) < 4.78 is 44.4. The first-order valence-electron chi connectivity index (χ1n) is 4.69. The Morgan fingerprint density at radius 1 is 0.812 bits per heavy atom. The van der Waals surface area contributed by atoms with Gasteiger partial charge in [0.15, 0.2) is 28.4 Å². The molecule has 16 heavy (non-hydrogen) atoms. The minimum atomic E-state index is -3.78. The molecule has 8 heteroatoms. The third-order valence-corrected chi connectivity index (χ3v) is 7.28. The predicted octanol–water partition coefficient (Wildman–Crippen LogP) is 2.24. The van der Waals surface area contributed by atoms with Crippen molar-refractivity contribution in [1.82, 2.24) is 0 Å². The number of rotatable bonds is 6. The lowest BCUT2D eigenvalue weighted by Crippen LogP contribution is -2.12. The average Bonchev–Trinajstić information content (AvgIpc) is 2.15. The summed E-state index contributed by atoms with van der Waals surface area (Å²) in [7, 11) is -7.55. The van der Waals surface area contributed by atoms with Crippen LogP contribution in [0.3, 0.4) is 0 Å². The second-order valence-electron chi connectivity index (χ2n) is 3.19. The smallest absolute Gasteiger partial charge is 0.191 e. The zero-order valence-electron chi connectivity index (χ0n) is 9.03. The molecule has 0 N–H and O–H groups in total. The van der Waals surface area contributed by atoms with Crippen LogP contribution in [-0.2, 0) is 19.7 Å². The van der Waals surface area contributed by atoms with Gasteiger partial charge in [-0.15, -0.1) is 0 Å². The lowest BCUT2D eigenvalue weighted by atomic mass is 10.6. The molecule has 0 saturated carbocycles. The lowest BCUT2D eigenvalue weighted by Gasteiger charge is -2.05. The summed E-state index contributed by atoms with van der Waals surface area (Å²) in [5, 5.41) is 0. The molecule has 0 aliphatic rings. The predicted molar refractivity (Wildman–Crippen MR) is 66.9 cm³/mol. The molecule has 0 amide bonds. The van der Waals surface area contributed by atoms with Gasteiger partial charge in [0, 0.05) is 0 Å². The van der Waals surface area contributed by atoms with Crippen LogP contribution in [0.2, 0.25) is 0 Å². The number of hydrogen-bond acceptors (Lipinski definition) is 4. The summed E-state index contributed by atoms with van der Waals surface area (Å²) in [6.45, 7) is 3.30. The van der Waals surface area contributed by atoms with Crippen LogP contribution in [0.4, 0.5) is 0 Å². The van der Waals surface area contributed by atoms with E-state index in [0.717, 1.165) is 0 Å². The molecule has 0 unspecified atom stereocenters. The molecule has 0 aromatic heterocycles. The van der Waals surface area contributed by atoms with Crippen molar-refractivity contribution >= 4 is 42.9 Å². The van der Waals surface area contributed by atoms with Crippen LogP contribution in [0.25, 0.3) is 0 Å². The Bertz CT molecular complexity index is 418. The highest BCUT2D eigenvalue weighted by molar-refractivity contribution is 8.01. The van der Waals surface area contributed by atoms with E-state index in [4.69, 9.17) is 23.2 Å². The minimum Gasteiger partial charge on any atom is -0.223 e. The van der Waals surface area contributed by atoms with Gasteiger partial charge >= 0.3 is 0 Å². The van der Waals surface area contributed by atoms with Gasteiger partial charge in [0.05, 0.1) is 11.5 Å². The zero-order chi connectivity index (χ0) is 13.0. The molecule has 0 radical (unpaired) electrons. The van der Waals surface area contributed by atoms with Crippen LogP contribution < -0.4 is 0 Å². The molecule has 4 nitrogen and oxygen atoms in total. The third kappa shape index (κ3) is 4.24. The van der Waals surface area contributed by atoms with E-state index in [9.17, 15) is 16.8 Å². The molecule has 0 fully saturated rings. The molecule has 0 aromatic carbocycles. The van der Waals surface area contributed by atoms with Gasteiger partial charge in [0.25, 0.3) is 0 Å². The fourth-order valence-electron chi connectivity index (χ4n) is 0.961. The molecule has 0 aliphatic heterocycles. The van der Waals surface area contributed by atoms with Crippen LogP contribution in [0.15, 0.2) is 8.73 Å². The summed E-state index contributed by atoms with van der Waals surface area (Å²) in [6.07, 6.45) is 0.688. The first-order chi connectivity index (χ1) is 7.19. The molecule has 0 spiro atoms. The molecular weight excluding hydrogens is 295 g/mol. The first kappa shape index (κ1) is 16.2. The Labute approximate surface area is 106 Å². The summed E-state index contributed by atoms with van der Waals surface area (Å²) in [6, 6.07) is 0. The number of sulfone groups is 2. The van der Waals surface area contributed by atoms with Crippen molar-refractivity contribution in [3.05, 3.63) is 8.73 Å². The zero-order valence-corrected chi connectivity index (χ0v) is 12.2. The van der Waals surface area contributed by atoms with Crippen LogP contribution in [0.1, 0.15) is 26.7 Å². The van der Waals surface area contributed by atoms with Gasteiger partial charge < -0.3 is 0 Å². The van der Waals surface area contributed by atoms with Crippen molar-refractivity contribution in [2.75, 3.05) is 11.5 Å². The SMILES string of the molecule is CCCS(=O)(=O)C(Cl)=C(Cl)S(=O)(=O)CCC. The Morgan fingerprint density at radius 2 is 1.06 bits per heavy atom. The highest BCUT2D eigenvalue weighted by Gasteiger charge is 2.26. The van der Waals surface area contributed by atoms with Gasteiger partial charge in [-0.1, -0.05) is 37.0 Å². The summed E-state index contributed by atoms with van der Waals surface area (Å²) in [5.41, 5.74) is 0. The Balaban J connectivity index is 5.44. The van der Waals surface area contributed by atoms with Gasteiger partial charge in [0.1, 0.15) is 0 Å².